The van der Waals surface area contributed by atoms with Gasteiger partial charge in [-0.3, -0.25) is 9.69 Å². The fraction of sp³-hybridized carbons (Fsp3) is 0.304. The van der Waals surface area contributed by atoms with Crippen LogP contribution >= 0.6 is 11.8 Å². The van der Waals surface area contributed by atoms with E-state index in [-0.39, 0.29) is 5.82 Å². The van der Waals surface area contributed by atoms with Crippen molar-refractivity contribution in [3.8, 4) is 0 Å². The summed E-state index contributed by atoms with van der Waals surface area (Å²) in [6.07, 6.45) is 5.35. The van der Waals surface area contributed by atoms with E-state index < -0.39 is 12.0 Å². The zero-order valence-electron chi connectivity index (χ0n) is 16.1. The first-order valence-electron chi connectivity index (χ1n) is 9.70. The Kier molecular flexibility index (Phi) is 5.46. The van der Waals surface area contributed by atoms with Crippen molar-refractivity contribution in [1.29, 1.82) is 0 Å². The van der Waals surface area contributed by atoms with E-state index in [0.29, 0.717) is 29.9 Å². The second-order valence-electron chi connectivity index (χ2n) is 7.41. The first-order chi connectivity index (χ1) is 14.0. The van der Waals surface area contributed by atoms with Gasteiger partial charge in [-0.15, -0.1) is 11.8 Å². The highest BCUT2D eigenvalue weighted by molar-refractivity contribution is 8.03. The molecule has 4 rings (SSSR count). The van der Waals surface area contributed by atoms with Gasteiger partial charge in [0.1, 0.15) is 11.9 Å². The summed E-state index contributed by atoms with van der Waals surface area (Å²) in [5.41, 5.74) is 3.16. The lowest BCUT2D eigenvalue weighted by molar-refractivity contribution is -0.143. The normalized spacial score (nSPS) is 21.5. The maximum absolute atomic E-state index is 14.2. The van der Waals surface area contributed by atoms with Crippen LogP contribution in [0.15, 0.2) is 58.6 Å². The zero-order valence-corrected chi connectivity index (χ0v) is 16.9. The molecule has 2 aromatic rings. The molecule has 2 aromatic carbocycles. The summed E-state index contributed by atoms with van der Waals surface area (Å²) in [5, 5.41) is 11.7. The van der Waals surface area contributed by atoms with Gasteiger partial charge >= 0.3 is 5.97 Å². The van der Waals surface area contributed by atoms with Gasteiger partial charge in [0.25, 0.3) is 0 Å². The molecular formula is C23H22FNO3S. The minimum Gasteiger partial charge on any atom is -0.480 e. The van der Waals surface area contributed by atoms with E-state index in [1.54, 1.807) is 6.07 Å². The third-order valence-electron chi connectivity index (χ3n) is 5.60. The Morgan fingerprint density at radius 1 is 1.24 bits per heavy atom. The van der Waals surface area contributed by atoms with E-state index in [1.807, 2.05) is 37.3 Å². The van der Waals surface area contributed by atoms with E-state index >= 15 is 0 Å². The SMILES string of the molecule is CC=C(Cc1ccc(F)c2ccccc12)/C(=C1/SCC(C(=O)O)N1C=O)C1CC1. The molecule has 0 bridgehead atoms. The van der Waals surface area contributed by atoms with Crippen molar-refractivity contribution in [2.75, 3.05) is 5.75 Å². The summed E-state index contributed by atoms with van der Waals surface area (Å²) < 4.78 is 14.2. The lowest BCUT2D eigenvalue weighted by atomic mass is 9.92. The Morgan fingerprint density at radius 3 is 2.59 bits per heavy atom. The predicted octanol–water partition coefficient (Wildman–Crippen LogP) is 4.75. The molecule has 1 saturated carbocycles. The molecule has 1 aliphatic heterocycles. The van der Waals surface area contributed by atoms with E-state index in [4.69, 9.17) is 0 Å². The van der Waals surface area contributed by atoms with Crippen LogP contribution in [0.3, 0.4) is 0 Å². The fourth-order valence-corrected chi connectivity index (χ4v) is 5.36. The number of rotatable bonds is 6. The average molecular weight is 411 g/mol. The predicted molar refractivity (Wildman–Crippen MR) is 113 cm³/mol. The van der Waals surface area contributed by atoms with Gasteiger partial charge in [-0.1, -0.05) is 36.4 Å². The topological polar surface area (TPSA) is 57.6 Å². The van der Waals surface area contributed by atoms with Gasteiger partial charge in [-0.25, -0.2) is 9.18 Å². The third kappa shape index (κ3) is 3.69. The van der Waals surface area contributed by atoms with E-state index in [1.165, 1.54) is 22.7 Å². The Bertz CT molecular complexity index is 1040. The number of allylic oxidation sites excluding steroid dienone is 3. The van der Waals surface area contributed by atoms with Crippen molar-refractivity contribution in [2.24, 2.45) is 5.92 Å². The van der Waals surface area contributed by atoms with Crippen LogP contribution in [0.1, 0.15) is 25.3 Å². The third-order valence-corrected chi connectivity index (χ3v) is 6.79. The Labute approximate surface area is 173 Å². The molecule has 0 radical (unpaired) electrons. The van der Waals surface area contributed by atoms with Crippen molar-refractivity contribution < 1.29 is 19.1 Å². The highest BCUT2D eigenvalue weighted by atomic mass is 32.2. The van der Waals surface area contributed by atoms with Crippen LogP contribution in [0.25, 0.3) is 10.8 Å². The van der Waals surface area contributed by atoms with Gasteiger partial charge in [0.15, 0.2) is 0 Å². The molecule has 1 aliphatic carbocycles. The molecule has 4 nitrogen and oxygen atoms in total. The van der Waals surface area contributed by atoms with Gasteiger partial charge < -0.3 is 5.11 Å². The molecule has 1 saturated heterocycles. The summed E-state index contributed by atoms with van der Waals surface area (Å²) in [6.45, 7) is 1.96. The van der Waals surface area contributed by atoms with Crippen molar-refractivity contribution >= 4 is 34.9 Å². The van der Waals surface area contributed by atoms with Gasteiger partial charge in [0, 0.05) is 11.1 Å². The number of amides is 1. The van der Waals surface area contributed by atoms with Crippen LogP contribution < -0.4 is 0 Å². The molecule has 2 aliphatic rings. The molecule has 2 fully saturated rings. The number of carbonyl (C=O) groups is 2. The molecule has 6 heteroatoms. The standard InChI is InChI=1S/C23H22FNO3S/c1-2-14(11-16-9-10-19(24)18-6-4-3-5-17(16)18)21(15-7-8-15)22-25(13-26)20(12-29-22)23(27)28/h2-6,9-10,13,15,20H,7-8,11-12H2,1H3,(H,27,28)/b14-2?,22-21-. The Morgan fingerprint density at radius 2 is 1.97 bits per heavy atom. The highest BCUT2D eigenvalue weighted by Gasteiger charge is 2.40. The lowest BCUT2D eigenvalue weighted by Gasteiger charge is -2.22. The first kappa shape index (κ1) is 19.7. The van der Waals surface area contributed by atoms with Crippen molar-refractivity contribution in [2.45, 2.75) is 32.2 Å². The lowest BCUT2D eigenvalue weighted by Crippen LogP contribution is -2.36. The van der Waals surface area contributed by atoms with Crippen LogP contribution in [-0.4, -0.2) is 34.2 Å². The van der Waals surface area contributed by atoms with Crippen LogP contribution in [-0.2, 0) is 16.0 Å². The molecule has 1 N–H and O–H groups in total. The monoisotopic (exact) mass is 411 g/mol. The van der Waals surface area contributed by atoms with Crippen LogP contribution in [0.4, 0.5) is 4.39 Å². The van der Waals surface area contributed by atoms with Gasteiger partial charge in [-0.05, 0) is 60.3 Å². The van der Waals surface area contributed by atoms with E-state index in [0.717, 1.165) is 40.0 Å². The number of nitrogens with zero attached hydrogens (tertiary/aromatic N) is 1. The first-order valence-corrected chi connectivity index (χ1v) is 10.7. The van der Waals surface area contributed by atoms with Gasteiger partial charge in [0.2, 0.25) is 6.41 Å². The van der Waals surface area contributed by atoms with Crippen LogP contribution in [0.5, 0.6) is 0 Å². The number of hydrogen-bond donors (Lipinski definition) is 1. The maximum atomic E-state index is 14.2. The molecular weight excluding hydrogens is 389 g/mol. The van der Waals surface area contributed by atoms with Gasteiger partial charge in [-0.2, -0.15) is 0 Å². The number of thioether (sulfide) groups is 1. The number of hydrogen-bond acceptors (Lipinski definition) is 3. The number of halogens is 1. The number of fused-ring (bicyclic) bond motifs is 1. The second kappa shape index (κ2) is 8.03. The molecule has 0 aromatic heterocycles. The highest BCUT2D eigenvalue weighted by Crippen LogP contribution is 2.48. The molecule has 150 valence electrons. The molecule has 0 spiro atoms. The Balaban J connectivity index is 1.76. The minimum atomic E-state index is -0.985. The van der Waals surface area contributed by atoms with Crippen molar-refractivity contribution in [3.63, 3.8) is 0 Å². The molecule has 1 heterocycles. The molecule has 29 heavy (non-hydrogen) atoms. The van der Waals surface area contributed by atoms with Crippen molar-refractivity contribution in [3.05, 3.63) is 70.0 Å². The van der Waals surface area contributed by atoms with Gasteiger partial charge in [0.05, 0.1) is 5.03 Å². The van der Waals surface area contributed by atoms with E-state index in [2.05, 4.69) is 0 Å². The maximum Gasteiger partial charge on any atom is 0.327 e. The van der Waals surface area contributed by atoms with Crippen molar-refractivity contribution in [1.82, 2.24) is 4.90 Å². The largest absolute Gasteiger partial charge is 0.480 e. The molecule has 1 amide bonds. The second-order valence-corrected chi connectivity index (χ2v) is 8.42. The number of carboxylic acids is 1. The van der Waals surface area contributed by atoms with Crippen LogP contribution in [0.2, 0.25) is 0 Å². The molecule has 1 unspecified atom stereocenters. The summed E-state index contributed by atoms with van der Waals surface area (Å²) in [4.78, 5) is 24.6. The smallest absolute Gasteiger partial charge is 0.327 e. The number of aliphatic carboxylic acids is 1. The fourth-order valence-electron chi connectivity index (χ4n) is 3.97. The average Bonchev–Trinajstić information content (AvgIpc) is 3.47. The zero-order chi connectivity index (χ0) is 20.5. The number of carboxylic acid groups (broad SMARTS) is 1. The Hall–Kier alpha value is -2.60. The quantitative estimate of drug-likeness (QED) is 0.697. The number of benzene rings is 2. The van der Waals surface area contributed by atoms with Crippen LogP contribution in [0, 0.1) is 11.7 Å². The summed E-state index contributed by atoms with van der Waals surface area (Å²) >= 11 is 1.44. The van der Waals surface area contributed by atoms with E-state index in [9.17, 15) is 19.1 Å². The number of carbonyl (C=O) groups excluding carboxylic acids is 1. The summed E-state index contributed by atoms with van der Waals surface area (Å²) in [7, 11) is 0. The summed E-state index contributed by atoms with van der Waals surface area (Å²) in [5.74, 6) is -0.530. The minimum absolute atomic E-state index is 0.241. The molecule has 1 atom stereocenters. The summed E-state index contributed by atoms with van der Waals surface area (Å²) in [6, 6.07) is 9.92.